The zero-order chi connectivity index (χ0) is 33.5. The van der Waals surface area contributed by atoms with Crippen LogP contribution in [0.2, 0.25) is 5.02 Å². The van der Waals surface area contributed by atoms with E-state index in [-0.39, 0.29) is 40.3 Å². The summed E-state index contributed by atoms with van der Waals surface area (Å²) in [7, 11) is -2.14. The molecule has 1 spiro atoms. The van der Waals surface area contributed by atoms with Crippen LogP contribution in [0.15, 0.2) is 52.9 Å². The Hall–Kier alpha value is -2.88. The Bertz CT molecular complexity index is 1640. The van der Waals surface area contributed by atoms with E-state index in [0.717, 1.165) is 42.8 Å². The first-order valence-corrected chi connectivity index (χ1v) is 18.8. The van der Waals surface area contributed by atoms with Crippen molar-refractivity contribution in [3.05, 3.63) is 70.3 Å². The molecule has 1 unspecified atom stereocenters. The van der Waals surface area contributed by atoms with Crippen LogP contribution in [0.25, 0.3) is 0 Å². The van der Waals surface area contributed by atoms with Crippen LogP contribution in [0.1, 0.15) is 81.3 Å². The van der Waals surface area contributed by atoms with Crippen LogP contribution in [0.4, 0.5) is 5.69 Å². The van der Waals surface area contributed by atoms with Gasteiger partial charge in [-0.2, -0.15) is 4.36 Å². The Balaban J connectivity index is 1.42. The van der Waals surface area contributed by atoms with Gasteiger partial charge >= 0.3 is 5.97 Å². The van der Waals surface area contributed by atoms with Gasteiger partial charge in [0, 0.05) is 50.9 Å². The summed E-state index contributed by atoms with van der Waals surface area (Å²) in [5, 5.41) is 0.430. The molecule has 1 saturated carbocycles. The first-order chi connectivity index (χ1) is 22.5. The first kappa shape index (κ1) is 34.0. The zero-order valence-electron chi connectivity index (χ0n) is 27.9. The number of anilines is 1. The fourth-order valence-electron chi connectivity index (χ4n) is 7.62. The van der Waals surface area contributed by atoms with E-state index in [2.05, 4.69) is 21.4 Å². The van der Waals surface area contributed by atoms with Gasteiger partial charge in [0.15, 0.2) is 0 Å². The highest BCUT2D eigenvalue weighted by atomic mass is 35.5. The fraction of sp³-hybridized carbons (Fsp3) is 0.568. The summed E-state index contributed by atoms with van der Waals surface area (Å²) >= 11 is 6.44. The van der Waals surface area contributed by atoms with Crippen molar-refractivity contribution in [3.8, 4) is 5.75 Å². The summed E-state index contributed by atoms with van der Waals surface area (Å²) < 4.78 is 30.2. The second-order valence-corrected chi connectivity index (χ2v) is 16.6. The number of nitrogens with zero attached hydrogens (tertiary/aromatic N) is 2. The van der Waals surface area contributed by atoms with Gasteiger partial charge in [-0.05, 0) is 111 Å². The van der Waals surface area contributed by atoms with E-state index in [1.807, 2.05) is 58.0 Å². The predicted octanol–water partition coefficient (Wildman–Crippen LogP) is 6.52. The Labute approximate surface area is 285 Å². The van der Waals surface area contributed by atoms with Crippen molar-refractivity contribution in [2.24, 2.45) is 33.8 Å². The molecule has 47 heavy (non-hydrogen) atoms. The van der Waals surface area contributed by atoms with Crippen LogP contribution < -0.4 is 15.4 Å². The van der Waals surface area contributed by atoms with Crippen molar-refractivity contribution in [2.75, 3.05) is 24.6 Å². The van der Waals surface area contributed by atoms with Crippen LogP contribution in [0, 0.1) is 23.7 Å². The second kappa shape index (κ2) is 13.9. The fourth-order valence-corrected chi connectivity index (χ4v) is 8.85. The molecule has 2 heterocycles. The molecule has 8 atom stereocenters. The second-order valence-electron chi connectivity index (χ2n) is 14.5. The van der Waals surface area contributed by atoms with E-state index in [0.29, 0.717) is 37.4 Å². The van der Waals surface area contributed by atoms with Crippen molar-refractivity contribution in [1.82, 2.24) is 0 Å². The summed E-state index contributed by atoms with van der Waals surface area (Å²) in [6.45, 7) is 9.65. The maximum Gasteiger partial charge on any atom is 0.323 e. The highest BCUT2D eigenvalue weighted by Gasteiger charge is 2.45. The number of hydrogen-bond acceptors (Lipinski definition) is 7. The molecular weight excluding hydrogens is 634 g/mol. The summed E-state index contributed by atoms with van der Waals surface area (Å²) in [6, 6.07) is 11.0. The predicted molar refractivity (Wildman–Crippen MR) is 188 cm³/mol. The van der Waals surface area contributed by atoms with Crippen LogP contribution in [0.3, 0.4) is 0 Å². The summed E-state index contributed by atoms with van der Waals surface area (Å²) in [4.78, 5) is 28.9. The molecule has 2 N–H and O–H groups in total. The number of esters is 1. The minimum atomic E-state index is -2.14. The lowest BCUT2D eigenvalue weighted by molar-refractivity contribution is -0.154. The number of ether oxygens (including phenoxy) is 2. The molecule has 2 aliphatic heterocycles. The van der Waals surface area contributed by atoms with E-state index in [1.165, 1.54) is 11.1 Å². The van der Waals surface area contributed by atoms with Crippen molar-refractivity contribution >= 4 is 39.8 Å². The van der Waals surface area contributed by atoms with Crippen molar-refractivity contribution in [3.63, 3.8) is 0 Å². The molecule has 2 bridgehead atoms. The number of benzene rings is 2. The highest BCUT2D eigenvalue weighted by Crippen LogP contribution is 2.47. The summed E-state index contributed by atoms with van der Waals surface area (Å²) in [5.74, 6) is 0.193. The molecule has 8 nitrogen and oxygen atoms in total. The molecule has 1 fully saturated rings. The van der Waals surface area contributed by atoms with Gasteiger partial charge in [0.25, 0.3) is 5.91 Å². The summed E-state index contributed by atoms with van der Waals surface area (Å²) in [6.07, 6.45) is 9.15. The molecule has 254 valence electrons. The molecule has 0 saturated heterocycles. The van der Waals surface area contributed by atoms with Crippen molar-refractivity contribution < 1.29 is 23.3 Å². The average Bonchev–Trinajstić information content (AvgIpc) is 3.18. The average molecular weight is 682 g/mol. The van der Waals surface area contributed by atoms with Crippen LogP contribution in [-0.4, -0.2) is 53.2 Å². The number of hydrogen-bond donors (Lipinski definition) is 2. The SMILES string of the molecule is CC(C)[C@H](N)C(=O)O[C@H]1/C=C/C[C@H](C)[C@@H](C)/[SH](=O)=N\C(=O)c2ccc3c(c2)N(C[C@@H]2CC[C@H]21)C[C@@]1(CCCc2cc(Cl)ccc21)CO3. The standard InChI is InChI=1S/C37H48ClN3O5S/c1-22(2)34(39)36(43)46-32-9-5-7-23(3)24(4)47(44)40-35(42)26-11-15-33-31(18-26)41(19-27-10-13-29(27)32)20-37(21-45-33)16-6-8-25-17-28(38)12-14-30(25)37/h5,9,11-12,14-15,17-18,22-24,27,29,32,34,47H,6-8,10,13,16,19-21,39H2,1-4H3/b9-5+/t23-,24+,27-,29+,32-,34-,37-/m0/s1. The third-order valence-corrected chi connectivity index (χ3v) is 12.9. The smallest absolute Gasteiger partial charge is 0.323 e. The molecule has 10 heteroatoms. The maximum absolute atomic E-state index is 13.4. The van der Waals surface area contributed by atoms with Crippen molar-refractivity contribution in [2.45, 2.75) is 89.0 Å². The highest BCUT2D eigenvalue weighted by molar-refractivity contribution is 7.76. The molecule has 2 aliphatic carbocycles. The topological polar surface area (TPSA) is 111 Å². The Morgan fingerprint density at radius 2 is 2.00 bits per heavy atom. The third kappa shape index (κ3) is 6.99. The molecule has 0 aromatic heterocycles. The number of carbonyl (C=O) groups is 2. The lowest BCUT2D eigenvalue weighted by Gasteiger charge is -2.46. The van der Waals surface area contributed by atoms with Crippen LogP contribution in [-0.2, 0) is 32.0 Å². The number of amides is 1. The third-order valence-electron chi connectivity index (χ3n) is 11.1. The van der Waals surface area contributed by atoms with E-state index in [9.17, 15) is 13.8 Å². The van der Waals surface area contributed by atoms with Gasteiger partial charge < -0.3 is 20.1 Å². The number of halogens is 1. The largest absolute Gasteiger partial charge is 0.490 e. The Morgan fingerprint density at radius 1 is 1.19 bits per heavy atom. The van der Waals surface area contributed by atoms with E-state index in [4.69, 9.17) is 26.8 Å². The number of allylic oxidation sites excluding steroid dienone is 1. The minimum absolute atomic E-state index is 0.00570. The van der Waals surface area contributed by atoms with Gasteiger partial charge in [-0.3, -0.25) is 13.8 Å². The van der Waals surface area contributed by atoms with Crippen LogP contribution in [0.5, 0.6) is 5.75 Å². The number of rotatable bonds is 3. The van der Waals surface area contributed by atoms with Crippen molar-refractivity contribution in [1.29, 1.82) is 0 Å². The van der Waals surface area contributed by atoms with Gasteiger partial charge in [-0.1, -0.05) is 44.5 Å². The van der Waals surface area contributed by atoms with E-state index < -0.39 is 28.6 Å². The van der Waals surface area contributed by atoms with Gasteiger partial charge in [0.2, 0.25) is 0 Å². The van der Waals surface area contributed by atoms with E-state index in [1.54, 1.807) is 6.07 Å². The first-order valence-electron chi connectivity index (χ1n) is 17.1. The quantitative estimate of drug-likeness (QED) is 0.216. The zero-order valence-corrected chi connectivity index (χ0v) is 29.5. The monoisotopic (exact) mass is 681 g/mol. The van der Waals surface area contributed by atoms with Gasteiger partial charge in [-0.25, -0.2) is 0 Å². The van der Waals surface area contributed by atoms with Gasteiger partial charge in [0.1, 0.15) is 17.9 Å². The number of thiol groups is 1. The molecule has 6 rings (SSSR count). The number of aryl methyl sites for hydroxylation is 1. The summed E-state index contributed by atoms with van der Waals surface area (Å²) in [5.41, 5.74) is 9.73. The molecule has 1 amide bonds. The maximum atomic E-state index is 13.4. The molecule has 0 radical (unpaired) electrons. The van der Waals surface area contributed by atoms with Gasteiger partial charge in [0.05, 0.1) is 12.3 Å². The molecular formula is C37H48ClN3O5S. The lowest BCUT2D eigenvalue weighted by Crippen LogP contribution is -2.50. The minimum Gasteiger partial charge on any atom is -0.490 e. The molecule has 2 aromatic rings. The Kier molecular flexibility index (Phi) is 10.1. The van der Waals surface area contributed by atoms with Gasteiger partial charge in [-0.15, -0.1) is 0 Å². The van der Waals surface area contributed by atoms with E-state index >= 15 is 0 Å². The lowest BCUT2D eigenvalue weighted by atomic mass is 9.68. The number of carbonyl (C=O) groups excluding carboxylic acids is 2. The number of fused-ring (bicyclic) bond motifs is 4. The Morgan fingerprint density at radius 3 is 2.74 bits per heavy atom. The number of nitrogens with two attached hydrogens (primary N) is 1. The molecule has 2 aromatic carbocycles. The molecule has 4 aliphatic rings. The van der Waals surface area contributed by atoms with Crippen LogP contribution >= 0.6 is 11.6 Å². The normalized spacial score (nSPS) is 32.5.